The topological polar surface area (TPSA) is 133 Å². The van der Waals surface area contributed by atoms with Gasteiger partial charge in [-0.3, -0.25) is 4.79 Å². The average Bonchev–Trinajstić information content (AvgIpc) is 3.10. The maximum Gasteiger partial charge on any atom is 0.242 e. The SMILES string of the molecule is CC(=O)Nc1ccc(Nc2nc3ccccc3n2-c2nc(C)nc(NCC#N)n2)cc1. The Kier molecular flexibility index (Phi) is 5.40. The van der Waals surface area contributed by atoms with Crippen LogP contribution in [-0.2, 0) is 4.79 Å². The van der Waals surface area contributed by atoms with Crippen molar-refractivity contribution in [1.82, 2.24) is 24.5 Å². The summed E-state index contributed by atoms with van der Waals surface area (Å²) in [7, 11) is 0. The largest absolute Gasteiger partial charge is 0.341 e. The van der Waals surface area contributed by atoms with Crippen LogP contribution in [0.4, 0.5) is 23.3 Å². The Labute approximate surface area is 178 Å². The van der Waals surface area contributed by atoms with Crippen molar-refractivity contribution >= 4 is 40.2 Å². The lowest BCUT2D eigenvalue weighted by atomic mass is 10.3. The molecular weight excluding hydrogens is 394 g/mol. The fraction of sp³-hybridized carbons (Fsp3) is 0.143. The van der Waals surface area contributed by atoms with Gasteiger partial charge in [0.15, 0.2) is 0 Å². The average molecular weight is 413 g/mol. The number of hydrogen-bond donors (Lipinski definition) is 3. The van der Waals surface area contributed by atoms with Crippen LogP contribution < -0.4 is 16.0 Å². The van der Waals surface area contributed by atoms with Crippen LogP contribution >= 0.6 is 0 Å². The molecule has 0 radical (unpaired) electrons. The van der Waals surface area contributed by atoms with E-state index in [1.807, 2.05) is 42.5 Å². The molecule has 10 heteroatoms. The summed E-state index contributed by atoms with van der Waals surface area (Å²) in [5, 5.41) is 17.7. The van der Waals surface area contributed by atoms with Gasteiger partial charge < -0.3 is 16.0 Å². The Morgan fingerprint density at radius 1 is 1.03 bits per heavy atom. The molecule has 2 heterocycles. The molecule has 2 aromatic heterocycles. The lowest BCUT2D eigenvalue weighted by molar-refractivity contribution is -0.114. The van der Waals surface area contributed by atoms with Crippen LogP contribution in [0.25, 0.3) is 17.0 Å². The first-order valence-corrected chi connectivity index (χ1v) is 9.49. The number of nitriles is 1. The molecule has 4 aromatic rings. The number of rotatable bonds is 6. The highest BCUT2D eigenvalue weighted by Gasteiger charge is 2.16. The van der Waals surface area contributed by atoms with E-state index in [0.717, 1.165) is 16.7 Å². The molecule has 1 amide bonds. The summed E-state index contributed by atoms with van der Waals surface area (Å²) in [5.74, 6) is 1.58. The Morgan fingerprint density at radius 2 is 1.77 bits per heavy atom. The molecule has 31 heavy (non-hydrogen) atoms. The smallest absolute Gasteiger partial charge is 0.242 e. The van der Waals surface area contributed by atoms with E-state index in [1.54, 1.807) is 23.6 Å². The molecule has 4 rings (SSSR count). The van der Waals surface area contributed by atoms with E-state index in [2.05, 4.69) is 35.9 Å². The quantitative estimate of drug-likeness (QED) is 0.411. The first-order valence-electron chi connectivity index (χ1n) is 9.49. The zero-order chi connectivity index (χ0) is 21.8. The van der Waals surface area contributed by atoms with E-state index in [9.17, 15) is 4.79 Å². The molecule has 0 aliphatic heterocycles. The molecule has 0 saturated heterocycles. The third kappa shape index (κ3) is 4.40. The number of aromatic nitrogens is 5. The normalized spacial score (nSPS) is 10.5. The molecular formula is C21H19N9O. The van der Waals surface area contributed by atoms with Gasteiger partial charge in [-0.25, -0.2) is 9.55 Å². The molecule has 0 aliphatic rings. The van der Waals surface area contributed by atoms with Crippen molar-refractivity contribution < 1.29 is 4.79 Å². The lowest BCUT2D eigenvalue weighted by Crippen LogP contribution is -2.12. The zero-order valence-electron chi connectivity index (χ0n) is 16.9. The highest BCUT2D eigenvalue weighted by Crippen LogP contribution is 2.26. The number of carbonyl (C=O) groups is 1. The van der Waals surface area contributed by atoms with Gasteiger partial charge in [0.2, 0.25) is 23.8 Å². The predicted octanol–water partition coefficient (Wildman–Crippen LogP) is 3.16. The fourth-order valence-electron chi connectivity index (χ4n) is 3.05. The van der Waals surface area contributed by atoms with Crippen molar-refractivity contribution in [1.29, 1.82) is 5.26 Å². The molecule has 0 atom stereocenters. The second-order valence-electron chi connectivity index (χ2n) is 6.66. The van der Waals surface area contributed by atoms with Crippen molar-refractivity contribution in [2.75, 3.05) is 22.5 Å². The third-order valence-corrected chi connectivity index (χ3v) is 4.28. The van der Waals surface area contributed by atoms with Crippen LogP contribution in [0.2, 0.25) is 0 Å². The van der Waals surface area contributed by atoms with Gasteiger partial charge in [-0.1, -0.05) is 12.1 Å². The maximum absolute atomic E-state index is 11.2. The second kappa shape index (κ2) is 8.46. The Balaban J connectivity index is 1.76. The van der Waals surface area contributed by atoms with Crippen LogP contribution in [0.3, 0.4) is 0 Å². The number of amides is 1. The lowest BCUT2D eigenvalue weighted by Gasteiger charge is -2.11. The molecule has 0 spiro atoms. The number of aryl methyl sites for hydroxylation is 1. The minimum absolute atomic E-state index is 0.0827. The van der Waals surface area contributed by atoms with Gasteiger partial charge in [-0.05, 0) is 43.3 Å². The van der Waals surface area contributed by atoms with Crippen LogP contribution in [0, 0.1) is 18.3 Å². The third-order valence-electron chi connectivity index (χ3n) is 4.28. The van der Waals surface area contributed by atoms with Crippen LogP contribution in [0.1, 0.15) is 12.7 Å². The van der Waals surface area contributed by atoms with Gasteiger partial charge in [0.25, 0.3) is 0 Å². The van der Waals surface area contributed by atoms with Crippen molar-refractivity contribution in [3.63, 3.8) is 0 Å². The summed E-state index contributed by atoms with van der Waals surface area (Å²) in [5.41, 5.74) is 3.06. The number of fused-ring (bicyclic) bond motifs is 1. The molecule has 154 valence electrons. The number of carbonyl (C=O) groups excluding carboxylic acids is 1. The van der Waals surface area contributed by atoms with Crippen molar-refractivity contribution in [3.05, 3.63) is 54.4 Å². The number of nitrogens with zero attached hydrogens (tertiary/aromatic N) is 6. The standard InChI is InChI=1S/C21H19N9O/c1-13-24-19(23-12-11-22)29-20(25-13)30-18-6-4-3-5-17(18)28-21(30)27-16-9-7-15(8-10-16)26-14(2)31/h3-10H,12H2,1-2H3,(H,26,31)(H,27,28)(H,23,24,25,29). The summed E-state index contributed by atoms with van der Waals surface area (Å²) in [6.07, 6.45) is 0. The van der Waals surface area contributed by atoms with Crippen molar-refractivity contribution in [2.45, 2.75) is 13.8 Å². The number of nitrogens with one attached hydrogen (secondary N) is 3. The Hall–Kier alpha value is -4.52. The highest BCUT2D eigenvalue weighted by atomic mass is 16.1. The molecule has 0 saturated carbocycles. The minimum atomic E-state index is -0.131. The number of hydrogen-bond acceptors (Lipinski definition) is 8. The fourth-order valence-corrected chi connectivity index (χ4v) is 3.05. The Morgan fingerprint density at radius 3 is 2.52 bits per heavy atom. The van der Waals surface area contributed by atoms with Crippen molar-refractivity contribution in [2.24, 2.45) is 0 Å². The molecule has 0 fully saturated rings. The monoisotopic (exact) mass is 413 g/mol. The van der Waals surface area contributed by atoms with Gasteiger partial charge in [0.05, 0.1) is 17.1 Å². The van der Waals surface area contributed by atoms with E-state index in [1.165, 1.54) is 6.92 Å². The number of imidazole rings is 1. The molecule has 0 bridgehead atoms. The highest BCUT2D eigenvalue weighted by molar-refractivity contribution is 5.89. The van der Waals surface area contributed by atoms with E-state index in [0.29, 0.717) is 29.4 Å². The number of para-hydroxylation sites is 2. The van der Waals surface area contributed by atoms with Crippen LogP contribution in [0.5, 0.6) is 0 Å². The minimum Gasteiger partial charge on any atom is -0.341 e. The first kappa shape index (κ1) is 19.8. The van der Waals surface area contributed by atoms with Crippen LogP contribution in [-0.4, -0.2) is 37.0 Å². The first-order chi connectivity index (χ1) is 15.0. The van der Waals surface area contributed by atoms with E-state index >= 15 is 0 Å². The van der Waals surface area contributed by atoms with E-state index < -0.39 is 0 Å². The number of benzene rings is 2. The van der Waals surface area contributed by atoms with Crippen LogP contribution in [0.15, 0.2) is 48.5 Å². The van der Waals surface area contributed by atoms with Gasteiger partial charge in [-0.15, -0.1) is 0 Å². The van der Waals surface area contributed by atoms with Gasteiger partial charge in [0.1, 0.15) is 12.4 Å². The number of anilines is 4. The Bertz CT molecular complexity index is 1290. The molecule has 0 aliphatic carbocycles. The molecule has 2 aromatic carbocycles. The molecule has 10 nitrogen and oxygen atoms in total. The summed E-state index contributed by atoms with van der Waals surface area (Å²) in [6, 6.07) is 16.9. The van der Waals surface area contributed by atoms with Gasteiger partial charge >= 0.3 is 0 Å². The summed E-state index contributed by atoms with van der Waals surface area (Å²) in [4.78, 5) is 29.1. The maximum atomic E-state index is 11.2. The zero-order valence-corrected chi connectivity index (χ0v) is 16.9. The predicted molar refractivity (Wildman–Crippen MR) is 117 cm³/mol. The second-order valence-corrected chi connectivity index (χ2v) is 6.66. The van der Waals surface area contributed by atoms with Gasteiger partial charge in [0, 0.05) is 18.3 Å². The summed E-state index contributed by atoms with van der Waals surface area (Å²) in [6.45, 7) is 3.31. The summed E-state index contributed by atoms with van der Waals surface area (Å²) < 4.78 is 1.79. The molecule has 0 unspecified atom stereocenters. The summed E-state index contributed by atoms with van der Waals surface area (Å²) >= 11 is 0. The van der Waals surface area contributed by atoms with E-state index in [-0.39, 0.29) is 12.5 Å². The van der Waals surface area contributed by atoms with Gasteiger partial charge in [-0.2, -0.15) is 20.2 Å². The van der Waals surface area contributed by atoms with Crippen molar-refractivity contribution in [3.8, 4) is 12.0 Å². The van der Waals surface area contributed by atoms with E-state index in [4.69, 9.17) is 5.26 Å². The molecule has 3 N–H and O–H groups in total.